The zero-order valence-electron chi connectivity index (χ0n) is 64.6. The van der Waals surface area contributed by atoms with Gasteiger partial charge in [0.15, 0.2) is 7.05 Å². The molecule has 588 valence electrons. The highest BCUT2D eigenvalue weighted by molar-refractivity contribution is 9.08. The summed E-state index contributed by atoms with van der Waals surface area (Å²) in [5, 5.41) is 53.4. The van der Waals surface area contributed by atoms with Gasteiger partial charge in [-0.05, 0) is 192 Å². The number of amides is 10. The van der Waals surface area contributed by atoms with Crippen molar-refractivity contribution in [2.45, 2.75) is 90.0 Å². The minimum Gasteiger partial charge on any atom is -0.268 e. The monoisotopic (exact) mass is 1640 g/mol. The molecule has 15 rings (SSSR count). The van der Waals surface area contributed by atoms with Crippen molar-refractivity contribution in [2.24, 2.45) is 0 Å². The van der Waals surface area contributed by atoms with Crippen molar-refractivity contribution in [1.29, 1.82) is 0 Å². The van der Waals surface area contributed by atoms with E-state index in [1.54, 1.807) is 104 Å². The largest absolute Gasteiger partial charge is 0.269 e. The smallest absolute Gasteiger partial charge is 0.268 e. The summed E-state index contributed by atoms with van der Waals surface area (Å²) in [6.07, 6.45) is 0. The standard InChI is InChI=1S/4C16H12N2O4.C15H13NO2S.C2H6.CH3Br.CH3NO2/c4*1-9-3-4-10(2)14-13(9)15(19)17(16(14)20)11-5-7-12(8-6-11)18(21)22;1-8-4-5-9(2)13-12(8)14(17)16(15(13)18)11-6-10(3)19-7-11;2*1-2;1-2(3)4/h4*3-8H,1-2H3;4-7H,1-3H3;1-2H3;1H3;1H3. The number of carbonyl (C=O) groups excluding carboxylic acids is 10. The van der Waals surface area contributed by atoms with Crippen LogP contribution in [0.4, 0.5) is 51.2 Å². The van der Waals surface area contributed by atoms with Crippen molar-refractivity contribution in [3.63, 3.8) is 0 Å². The van der Waals surface area contributed by atoms with E-state index >= 15 is 0 Å². The molecule has 10 amide bonds. The first kappa shape index (κ1) is 86.5. The van der Waals surface area contributed by atoms with Crippen LogP contribution in [0.25, 0.3) is 0 Å². The van der Waals surface area contributed by atoms with Crippen LogP contribution in [0.5, 0.6) is 0 Å². The maximum absolute atomic E-state index is 12.6. The SMILES string of the molecule is CBr.CC.C[N+](=O)[O-].Cc1cc(N2C(=O)c3c(C)ccc(C)c3C2=O)cs1.Cc1ccc(C)c2c1C(=O)N(c1ccc([N+](=O)[O-])cc1)C2=O.Cc1ccc(C)c2c1C(=O)N(c1ccc([N+](=O)[O-])cc1)C2=O.Cc1ccc(C)c2c1C(=O)N(c1ccc([N+](=O)[O-])cc1)C2=O.Cc1ccc(C)c2c1C(=O)N(c1ccc([N+](=O)[O-])cc1)C2=O. The predicted molar refractivity (Wildman–Crippen MR) is 436 cm³/mol. The van der Waals surface area contributed by atoms with Crippen LogP contribution in [0.3, 0.4) is 0 Å². The van der Waals surface area contributed by atoms with Crippen molar-refractivity contribution < 1.29 is 72.6 Å². The molecule has 9 aromatic carbocycles. The van der Waals surface area contributed by atoms with Gasteiger partial charge in [-0.3, -0.25) is 98.5 Å². The third-order valence-corrected chi connectivity index (χ3v) is 19.4. The Labute approximate surface area is 669 Å². The molecule has 0 saturated heterocycles. The van der Waals surface area contributed by atoms with Crippen LogP contribution in [0.2, 0.25) is 0 Å². The number of nitro groups is 5. The molecule has 0 unspecified atom stereocenters. The number of aryl methyl sites for hydroxylation is 11. The number of alkyl halides is 1. The van der Waals surface area contributed by atoms with Gasteiger partial charge in [0.25, 0.3) is 81.8 Å². The van der Waals surface area contributed by atoms with Crippen LogP contribution in [0.1, 0.15) is 178 Å². The molecule has 6 heterocycles. The highest BCUT2D eigenvalue weighted by atomic mass is 79.9. The first-order valence-corrected chi connectivity index (χ1v) is 37.3. The molecule has 30 nitrogen and oxygen atoms in total. The molecule has 5 aliphatic heterocycles. The number of anilines is 5. The van der Waals surface area contributed by atoms with Crippen LogP contribution in [0, 0.1) is 127 Å². The molecule has 10 aromatic rings. The van der Waals surface area contributed by atoms with E-state index in [-0.39, 0.29) is 34.6 Å². The third kappa shape index (κ3) is 17.2. The number of rotatable bonds is 9. The number of carbonyl (C=O) groups is 10. The van der Waals surface area contributed by atoms with E-state index in [0.29, 0.717) is 84.1 Å². The Hall–Kier alpha value is -14.1. The Morgan fingerprint density at radius 2 is 0.383 bits per heavy atom. The van der Waals surface area contributed by atoms with Gasteiger partial charge in [0.1, 0.15) is 0 Å². The number of halogens is 1. The minimum absolute atomic E-state index is 0.0901. The lowest BCUT2D eigenvalue weighted by Gasteiger charge is -2.13. The number of hydrogen-bond acceptors (Lipinski definition) is 21. The quantitative estimate of drug-likeness (QED) is 0.0560. The lowest BCUT2D eigenvalue weighted by atomic mass is 9.99. The molecule has 1 aromatic heterocycles. The van der Waals surface area contributed by atoms with E-state index < -0.39 is 71.9 Å². The number of nitrogens with zero attached hydrogens (tertiary/aromatic N) is 10. The molecule has 5 aliphatic rings. The predicted octanol–water partition coefficient (Wildman–Crippen LogP) is 17.5. The van der Waals surface area contributed by atoms with Crippen molar-refractivity contribution >= 4 is 138 Å². The number of non-ortho nitro benzene ring substituents is 4. The van der Waals surface area contributed by atoms with E-state index in [0.717, 1.165) is 87.2 Å². The van der Waals surface area contributed by atoms with Gasteiger partial charge in [-0.25, -0.2) is 24.5 Å². The molecule has 32 heteroatoms. The molecule has 0 N–H and O–H groups in total. The summed E-state index contributed by atoms with van der Waals surface area (Å²) >= 11 is 4.47. The Balaban J connectivity index is 0.000000176. The van der Waals surface area contributed by atoms with Gasteiger partial charge < -0.3 is 0 Å². The van der Waals surface area contributed by atoms with Gasteiger partial charge in [-0.15, -0.1) is 11.3 Å². The Bertz CT molecular complexity index is 4970. The Kier molecular flexibility index (Phi) is 27.0. The fourth-order valence-electron chi connectivity index (χ4n) is 13.0. The van der Waals surface area contributed by atoms with Crippen LogP contribution < -0.4 is 24.5 Å². The summed E-state index contributed by atoms with van der Waals surface area (Å²) < 4.78 is 0. The first-order valence-electron chi connectivity index (χ1n) is 34.8. The minimum atomic E-state index is -0.527. The van der Waals surface area contributed by atoms with E-state index in [2.05, 4.69) is 15.9 Å². The fraction of sp³-hybridized carbons (Fsp3) is 0.181. The Morgan fingerprint density at radius 3 is 0.496 bits per heavy atom. The van der Waals surface area contributed by atoms with Crippen molar-refractivity contribution in [2.75, 3.05) is 37.4 Å². The number of nitro benzene ring substituents is 4. The van der Waals surface area contributed by atoms with Crippen LogP contribution >= 0.6 is 27.3 Å². The molecule has 0 atom stereocenters. The summed E-state index contributed by atoms with van der Waals surface area (Å²) in [6, 6.07) is 41.6. The normalized spacial score (nSPS) is 13.0. The molecule has 0 aliphatic carbocycles. The van der Waals surface area contributed by atoms with Crippen molar-refractivity contribution in [3.8, 4) is 0 Å². The summed E-state index contributed by atoms with van der Waals surface area (Å²) in [7, 11) is 0.889. The number of fused-ring (bicyclic) bond motifs is 5. The first-order chi connectivity index (χ1) is 54.4. The van der Waals surface area contributed by atoms with E-state index in [9.17, 15) is 88.4 Å². The molecule has 0 spiro atoms. The summed E-state index contributed by atoms with van der Waals surface area (Å²) in [5.74, 6) is -1.75. The average molecular weight is 1640 g/mol. The molecular formula is C83H73BrN10O20S. The number of benzene rings is 9. The average Bonchev–Trinajstić information content (AvgIpc) is 1.63. The third-order valence-electron chi connectivity index (χ3n) is 18.5. The maximum Gasteiger partial charge on any atom is 0.269 e. The molecule has 0 saturated carbocycles. The highest BCUT2D eigenvalue weighted by Crippen LogP contribution is 2.40. The van der Waals surface area contributed by atoms with E-state index in [1.165, 1.54) is 113 Å². The molecular weight excluding hydrogens is 1570 g/mol. The van der Waals surface area contributed by atoms with Gasteiger partial charge in [-0.2, -0.15) is 0 Å². The number of thiophene rings is 1. The fourth-order valence-corrected chi connectivity index (χ4v) is 13.7. The van der Waals surface area contributed by atoms with E-state index in [1.807, 2.05) is 64.0 Å². The van der Waals surface area contributed by atoms with Gasteiger partial charge in [0, 0.05) is 63.7 Å². The summed E-state index contributed by atoms with van der Waals surface area (Å²) in [5.41, 5.74) is 13.6. The highest BCUT2D eigenvalue weighted by Gasteiger charge is 2.44. The van der Waals surface area contributed by atoms with Crippen LogP contribution in [-0.2, 0) is 0 Å². The van der Waals surface area contributed by atoms with Crippen molar-refractivity contribution in [3.05, 3.63) is 336 Å². The molecule has 0 fully saturated rings. The van der Waals surface area contributed by atoms with Gasteiger partial charge >= 0.3 is 0 Å². The van der Waals surface area contributed by atoms with E-state index in [4.69, 9.17) is 10.1 Å². The van der Waals surface area contributed by atoms with Gasteiger partial charge in [0.05, 0.1) is 104 Å². The maximum atomic E-state index is 12.6. The van der Waals surface area contributed by atoms with Crippen molar-refractivity contribution in [1.82, 2.24) is 0 Å². The summed E-state index contributed by atoms with van der Waals surface area (Å²) in [6.45, 7) is 23.9. The van der Waals surface area contributed by atoms with Crippen LogP contribution in [0.15, 0.2) is 169 Å². The number of hydrogen-bond donors (Lipinski definition) is 0. The lowest BCUT2D eigenvalue weighted by Crippen LogP contribution is -2.29. The van der Waals surface area contributed by atoms with Gasteiger partial charge in [0.2, 0.25) is 0 Å². The molecule has 0 radical (unpaired) electrons. The Morgan fingerprint density at radius 1 is 0.252 bits per heavy atom. The molecule has 0 bridgehead atoms. The second kappa shape index (κ2) is 35.9. The van der Waals surface area contributed by atoms with Gasteiger partial charge in [-0.1, -0.05) is 90.4 Å². The summed E-state index contributed by atoms with van der Waals surface area (Å²) in [4.78, 5) is 181. The zero-order chi connectivity index (χ0) is 85.4. The number of imide groups is 5. The second-order valence-corrected chi connectivity index (χ2v) is 27.0. The molecule has 115 heavy (non-hydrogen) atoms. The lowest BCUT2D eigenvalue weighted by molar-refractivity contribution is -0.445. The zero-order valence-corrected chi connectivity index (χ0v) is 67.0. The second-order valence-electron chi connectivity index (χ2n) is 25.9. The van der Waals surface area contributed by atoms with Crippen LogP contribution in [-0.4, -0.2) is 96.6 Å². The topological polar surface area (TPSA) is 403 Å².